The predicted molar refractivity (Wildman–Crippen MR) is 128 cm³/mol. The Morgan fingerprint density at radius 1 is 1.12 bits per heavy atom. The van der Waals surface area contributed by atoms with E-state index < -0.39 is 6.09 Å². The lowest BCUT2D eigenvalue weighted by molar-refractivity contribution is 0.0772. The minimum atomic E-state index is -0.521. The fraction of sp³-hybridized carbons (Fsp3) is 0.333. The number of hydrogen-bond acceptors (Lipinski definition) is 7. The topological polar surface area (TPSA) is 95.3 Å². The highest BCUT2D eigenvalue weighted by atomic mass is 32.1. The fourth-order valence-electron chi connectivity index (χ4n) is 4.12. The van der Waals surface area contributed by atoms with Gasteiger partial charge in [0.25, 0.3) is 0 Å². The molecule has 0 radical (unpaired) electrons. The molecule has 8 nitrogen and oxygen atoms in total. The third-order valence-electron chi connectivity index (χ3n) is 5.76. The van der Waals surface area contributed by atoms with E-state index in [1.54, 1.807) is 19.3 Å². The molecule has 1 fully saturated rings. The van der Waals surface area contributed by atoms with Crippen LogP contribution in [-0.4, -0.2) is 39.4 Å². The summed E-state index contributed by atoms with van der Waals surface area (Å²) in [6.45, 7) is 2.05. The molecule has 3 aromatic heterocycles. The molecule has 0 saturated heterocycles. The zero-order valence-electron chi connectivity index (χ0n) is 18.2. The number of rotatable bonds is 4. The van der Waals surface area contributed by atoms with Gasteiger partial charge in [0.2, 0.25) is 0 Å². The van der Waals surface area contributed by atoms with Crippen LogP contribution in [0.1, 0.15) is 39.0 Å². The highest BCUT2D eigenvalue weighted by molar-refractivity contribution is 7.22. The molecule has 1 aromatic carbocycles. The summed E-state index contributed by atoms with van der Waals surface area (Å²) in [6.07, 6.45) is 7.89. The summed E-state index contributed by atoms with van der Waals surface area (Å²) in [7, 11) is 0. The van der Waals surface area contributed by atoms with Crippen molar-refractivity contribution in [1.29, 1.82) is 0 Å². The molecule has 3 heterocycles. The van der Waals surface area contributed by atoms with E-state index in [4.69, 9.17) is 9.47 Å². The van der Waals surface area contributed by atoms with Crippen molar-refractivity contribution in [2.75, 3.05) is 11.9 Å². The number of thiazole rings is 1. The molecule has 0 atom stereocenters. The summed E-state index contributed by atoms with van der Waals surface area (Å²) in [5.41, 5.74) is 4.05. The molecule has 9 heteroatoms. The van der Waals surface area contributed by atoms with E-state index in [2.05, 4.69) is 15.3 Å². The van der Waals surface area contributed by atoms with Gasteiger partial charge in [-0.2, -0.15) is 0 Å². The molecule has 4 aromatic rings. The van der Waals surface area contributed by atoms with Gasteiger partial charge in [0, 0.05) is 18.0 Å². The van der Waals surface area contributed by atoms with Crippen LogP contribution in [0.15, 0.2) is 42.7 Å². The number of hydrogen-bond donors (Lipinski definition) is 1. The van der Waals surface area contributed by atoms with Crippen LogP contribution in [0, 0.1) is 0 Å². The van der Waals surface area contributed by atoms with Gasteiger partial charge >= 0.3 is 12.2 Å². The van der Waals surface area contributed by atoms with E-state index in [1.165, 1.54) is 22.3 Å². The monoisotopic (exact) mass is 464 g/mol. The van der Waals surface area contributed by atoms with Crippen LogP contribution in [-0.2, 0) is 9.47 Å². The maximum Gasteiger partial charge on any atom is 0.418 e. The molecule has 0 spiro atoms. The Kier molecular flexibility index (Phi) is 5.95. The normalized spacial score (nSPS) is 14.5. The smallest absolute Gasteiger partial charge is 0.418 e. The van der Waals surface area contributed by atoms with Crippen LogP contribution < -0.4 is 5.32 Å². The first kappa shape index (κ1) is 21.4. The van der Waals surface area contributed by atoms with Crippen LogP contribution in [0.2, 0.25) is 0 Å². The molecule has 1 N–H and O–H groups in total. The average molecular weight is 465 g/mol. The van der Waals surface area contributed by atoms with Crippen molar-refractivity contribution >= 4 is 49.9 Å². The third kappa shape index (κ3) is 4.54. The number of carbonyl (C=O) groups is 2. The largest absolute Gasteiger partial charge is 0.450 e. The van der Waals surface area contributed by atoms with Gasteiger partial charge in [-0.25, -0.2) is 14.6 Å². The Bertz CT molecular complexity index is 1320. The van der Waals surface area contributed by atoms with Gasteiger partial charge in [0.1, 0.15) is 6.10 Å². The number of carbonyl (C=O) groups excluding carboxylic acids is 2. The van der Waals surface area contributed by atoms with Gasteiger partial charge in [-0.3, -0.25) is 14.9 Å². The Balaban J connectivity index is 1.41. The van der Waals surface area contributed by atoms with Crippen LogP contribution in [0.4, 0.5) is 14.7 Å². The second-order valence-corrected chi connectivity index (χ2v) is 9.04. The Morgan fingerprint density at radius 2 is 1.97 bits per heavy atom. The van der Waals surface area contributed by atoms with Crippen molar-refractivity contribution < 1.29 is 19.1 Å². The molecular formula is C24H24N4O4S. The fourth-order valence-corrected chi connectivity index (χ4v) is 5.01. The lowest BCUT2D eigenvalue weighted by Crippen LogP contribution is -2.23. The van der Waals surface area contributed by atoms with E-state index in [9.17, 15) is 9.59 Å². The van der Waals surface area contributed by atoms with Gasteiger partial charge in [0.05, 0.1) is 27.9 Å². The van der Waals surface area contributed by atoms with Crippen molar-refractivity contribution in [3.8, 4) is 11.1 Å². The number of nitrogens with zero attached hydrogens (tertiary/aromatic N) is 3. The van der Waals surface area contributed by atoms with Crippen molar-refractivity contribution in [2.24, 2.45) is 0 Å². The summed E-state index contributed by atoms with van der Waals surface area (Å²) in [5.74, 6) is 0. The maximum absolute atomic E-state index is 12.8. The number of benzene rings is 1. The van der Waals surface area contributed by atoms with Gasteiger partial charge in [0.15, 0.2) is 5.13 Å². The van der Waals surface area contributed by atoms with E-state index in [0.29, 0.717) is 17.3 Å². The molecule has 0 bridgehead atoms. The number of nitrogens with one attached hydrogen (secondary N) is 1. The average Bonchev–Trinajstić information content (AvgIpc) is 3.42. The van der Waals surface area contributed by atoms with Crippen molar-refractivity contribution in [2.45, 2.75) is 45.1 Å². The van der Waals surface area contributed by atoms with Gasteiger partial charge in [-0.1, -0.05) is 23.8 Å². The zero-order chi connectivity index (χ0) is 22.8. The first-order valence-corrected chi connectivity index (χ1v) is 11.9. The van der Waals surface area contributed by atoms with E-state index in [1.807, 2.05) is 30.3 Å². The molecule has 1 aliphatic rings. The van der Waals surface area contributed by atoms with Crippen LogP contribution in [0.5, 0.6) is 0 Å². The van der Waals surface area contributed by atoms with Gasteiger partial charge in [-0.15, -0.1) is 0 Å². The summed E-state index contributed by atoms with van der Waals surface area (Å²) in [6, 6.07) is 9.62. The molecule has 1 saturated carbocycles. The summed E-state index contributed by atoms with van der Waals surface area (Å²) in [4.78, 5) is 33.5. The maximum atomic E-state index is 12.8. The highest BCUT2D eigenvalue weighted by Crippen LogP contribution is 2.32. The third-order valence-corrected chi connectivity index (χ3v) is 6.69. The Labute approximate surface area is 194 Å². The minimum absolute atomic E-state index is 0.00834. The number of ether oxygens (including phenoxy) is 2. The van der Waals surface area contributed by atoms with Crippen molar-refractivity contribution in [3.63, 3.8) is 0 Å². The lowest BCUT2D eigenvalue weighted by Gasteiger charge is -2.21. The summed E-state index contributed by atoms with van der Waals surface area (Å²) in [5, 5.41) is 3.12. The molecule has 0 unspecified atom stereocenters. The van der Waals surface area contributed by atoms with Crippen LogP contribution in [0.3, 0.4) is 0 Å². The molecule has 1 aliphatic carbocycles. The van der Waals surface area contributed by atoms with Crippen molar-refractivity contribution in [3.05, 3.63) is 42.7 Å². The van der Waals surface area contributed by atoms with Crippen LogP contribution in [0.25, 0.3) is 32.4 Å². The Hall–Kier alpha value is -3.46. The standard InChI is InChI=1S/C24H24N4O4S/c1-2-31-23(29)27-22-26-19-9-8-15(13-21(19)33-22)16-12-20-18(25-14-16)10-11-28(20)24(30)32-17-6-4-3-5-7-17/h8-14,17H,2-7H2,1H3,(H,26,27,29). The van der Waals surface area contributed by atoms with E-state index in [0.717, 1.165) is 52.5 Å². The zero-order valence-corrected chi connectivity index (χ0v) is 19.1. The molecule has 170 valence electrons. The molecule has 33 heavy (non-hydrogen) atoms. The predicted octanol–water partition coefficient (Wildman–Crippen LogP) is 6.20. The molecule has 5 rings (SSSR count). The summed E-state index contributed by atoms with van der Waals surface area (Å²) < 4.78 is 13.1. The summed E-state index contributed by atoms with van der Waals surface area (Å²) >= 11 is 1.37. The Morgan fingerprint density at radius 3 is 2.79 bits per heavy atom. The number of fused-ring (bicyclic) bond motifs is 2. The van der Waals surface area contributed by atoms with E-state index >= 15 is 0 Å². The quantitative estimate of drug-likeness (QED) is 0.386. The second kappa shape index (κ2) is 9.19. The minimum Gasteiger partial charge on any atom is -0.450 e. The number of aromatic nitrogens is 3. The first-order valence-electron chi connectivity index (χ1n) is 11.1. The SMILES string of the molecule is CCOC(=O)Nc1nc2ccc(-c3cnc4ccn(C(=O)OC5CCCCC5)c4c3)cc2s1. The number of amides is 1. The number of pyridine rings is 1. The lowest BCUT2D eigenvalue weighted by atomic mass is 9.98. The van der Waals surface area contributed by atoms with E-state index in [-0.39, 0.29) is 12.2 Å². The van der Waals surface area contributed by atoms with Gasteiger partial charge in [-0.05, 0) is 62.4 Å². The van der Waals surface area contributed by atoms with Gasteiger partial charge < -0.3 is 9.47 Å². The highest BCUT2D eigenvalue weighted by Gasteiger charge is 2.20. The van der Waals surface area contributed by atoms with Crippen molar-refractivity contribution in [1.82, 2.24) is 14.5 Å². The molecular weight excluding hydrogens is 440 g/mol. The molecule has 1 amide bonds. The number of anilines is 1. The first-order chi connectivity index (χ1) is 16.1. The van der Waals surface area contributed by atoms with Crippen LogP contribution >= 0.6 is 11.3 Å². The second-order valence-electron chi connectivity index (χ2n) is 8.00. The molecule has 0 aliphatic heterocycles.